The van der Waals surface area contributed by atoms with Gasteiger partial charge in [-0.25, -0.2) is 9.97 Å². The molecule has 0 spiro atoms. The third kappa shape index (κ3) is 15.3. The van der Waals surface area contributed by atoms with Crippen molar-refractivity contribution in [2.75, 3.05) is 47.5 Å². The predicted molar refractivity (Wildman–Crippen MR) is 341 cm³/mol. The fourth-order valence-corrected chi connectivity index (χ4v) is 13.9. The molecule has 6 aromatic rings. The number of piperidine rings is 2. The average Bonchev–Trinajstić information content (AvgIpc) is 1.88. The highest BCUT2D eigenvalue weighted by Crippen LogP contribution is 2.48. The molecule has 4 aromatic heterocycles. The average molecular weight is 1240 g/mol. The summed E-state index contributed by atoms with van der Waals surface area (Å²) in [4.78, 5) is 63.2. The molecule has 0 bridgehead atoms. The van der Waals surface area contributed by atoms with Crippen LogP contribution in [0.2, 0.25) is 8.67 Å². The normalized spacial score (nSPS) is 14.8. The van der Waals surface area contributed by atoms with Gasteiger partial charge in [0.05, 0.1) is 55.6 Å². The van der Waals surface area contributed by atoms with Crippen LogP contribution in [-0.2, 0) is 71.5 Å². The third-order valence-electron chi connectivity index (χ3n) is 16.6. The van der Waals surface area contributed by atoms with E-state index in [1.165, 1.54) is 18.4 Å². The summed E-state index contributed by atoms with van der Waals surface area (Å²) in [6.07, 6.45) is 3.20. The summed E-state index contributed by atoms with van der Waals surface area (Å²) in [7, 11) is 4.84. The highest BCUT2D eigenvalue weighted by Gasteiger charge is 2.34. The van der Waals surface area contributed by atoms with Crippen LogP contribution in [0.4, 0.5) is 0 Å². The Balaban J connectivity index is 0.000000244. The predicted octanol–water partition coefficient (Wildman–Crippen LogP) is 13.9. The molecule has 2 aromatic carbocycles. The van der Waals surface area contributed by atoms with Crippen molar-refractivity contribution in [2.24, 2.45) is 0 Å². The van der Waals surface area contributed by atoms with Crippen LogP contribution in [0.5, 0.6) is 11.5 Å². The number of thiazole rings is 2. The number of carbonyl (C=O) groups excluding carboxylic acids is 3. The number of ether oxygens (including phenoxy) is 3. The largest absolute Gasteiger partial charge is 0.496 e. The Morgan fingerprint density at radius 3 is 1.15 bits per heavy atom. The molecular formula is C65H88Cl2N8O8S2. The molecule has 2 aliphatic heterocycles. The monoisotopic (exact) mass is 1240 g/mol. The van der Waals surface area contributed by atoms with Gasteiger partial charge in [-0.15, -0.1) is 22.7 Å². The maximum absolute atomic E-state index is 13.2. The molecule has 2 aliphatic rings. The third-order valence-corrected chi connectivity index (χ3v) is 19.4. The van der Waals surface area contributed by atoms with E-state index in [0.29, 0.717) is 46.2 Å². The van der Waals surface area contributed by atoms with E-state index < -0.39 is 5.97 Å². The first kappa shape index (κ1) is 66.7. The number of carboxylic acid groups (broad SMARTS) is 1. The Bertz CT molecular complexity index is 3370. The Kier molecular flexibility index (Phi) is 20.6. The van der Waals surface area contributed by atoms with Gasteiger partial charge in [0.1, 0.15) is 44.6 Å². The van der Waals surface area contributed by atoms with Crippen molar-refractivity contribution < 1.29 is 38.5 Å². The van der Waals surface area contributed by atoms with Crippen LogP contribution in [0, 0.1) is 27.7 Å². The van der Waals surface area contributed by atoms with E-state index in [9.17, 15) is 19.2 Å². The van der Waals surface area contributed by atoms with Gasteiger partial charge < -0.3 is 29.1 Å². The minimum absolute atomic E-state index is 0.0126. The molecule has 2 amide bonds. The minimum atomic E-state index is -0.933. The number of rotatable bonds is 14. The van der Waals surface area contributed by atoms with E-state index in [0.717, 1.165) is 114 Å². The van der Waals surface area contributed by atoms with Gasteiger partial charge in [0.15, 0.2) is 0 Å². The molecule has 20 heteroatoms. The smallest absolute Gasteiger partial charge is 0.311 e. The number of esters is 1. The summed E-state index contributed by atoms with van der Waals surface area (Å²) in [5, 5.41) is 20.1. The molecule has 0 unspecified atom stereocenters. The van der Waals surface area contributed by atoms with Crippen LogP contribution in [0.1, 0.15) is 187 Å². The maximum Gasteiger partial charge on any atom is 0.311 e. The second kappa shape index (κ2) is 26.3. The van der Waals surface area contributed by atoms with Gasteiger partial charge in [-0.1, -0.05) is 106 Å². The summed E-state index contributed by atoms with van der Waals surface area (Å²) in [6, 6.07) is 8.69. The van der Waals surface area contributed by atoms with E-state index in [1.54, 1.807) is 34.9 Å². The highest BCUT2D eigenvalue weighted by molar-refractivity contribution is 7.16. The lowest BCUT2D eigenvalue weighted by Crippen LogP contribution is -2.40. The van der Waals surface area contributed by atoms with Crippen molar-refractivity contribution in [1.82, 2.24) is 39.3 Å². The number of carbonyl (C=O) groups is 4. The number of aromatic nitrogens is 6. The van der Waals surface area contributed by atoms with E-state index in [-0.39, 0.29) is 77.2 Å². The van der Waals surface area contributed by atoms with Crippen molar-refractivity contribution in [2.45, 2.75) is 196 Å². The van der Waals surface area contributed by atoms with Crippen LogP contribution < -0.4 is 9.47 Å². The molecule has 462 valence electrons. The number of halogens is 2. The summed E-state index contributed by atoms with van der Waals surface area (Å²) in [6.45, 7) is 36.7. The molecule has 85 heavy (non-hydrogen) atoms. The van der Waals surface area contributed by atoms with Crippen molar-refractivity contribution in [3.63, 3.8) is 0 Å². The first-order chi connectivity index (χ1) is 39.5. The van der Waals surface area contributed by atoms with Crippen LogP contribution >= 0.6 is 45.9 Å². The van der Waals surface area contributed by atoms with Crippen molar-refractivity contribution in [1.29, 1.82) is 0 Å². The first-order valence-corrected chi connectivity index (χ1v) is 31.6. The van der Waals surface area contributed by atoms with Gasteiger partial charge in [-0.05, 0) is 110 Å². The number of benzene rings is 2. The van der Waals surface area contributed by atoms with Gasteiger partial charge in [0.25, 0.3) is 0 Å². The number of methoxy groups -OCH3 is 3. The van der Waals surface area contributed by atoms with Crippen molar-refractivity contribution >= 4 is 69.6 Å². The lowest BCUT2D eigenvalue weighted by atomic mass is 9.78. The van der Waals surface area contributed by atoms with Crippen LogP contribution in [0.25, 0.3) is 22.5 Å². The summed E-state index contributed by atoms with van der Waals surface area (Å²) in [5.74, 6) is 1.04. The molecule has 0 saturated carbocycles. The highest BCUT2D eigenvalue weighted by atomic mass is 35.5. The molecule has 16 nitrogen and oxygen atoms in total. The fourth-order valence-electron chi connectivity index (χ4n) is 11.1. The molecule has 2 fully saturated rings. The Morgan fingerprint density at radius 1 is 0.553 bits per heavy atom. The number of hydrogen-bond acceptors (Lipinski definition) is 13. The minimum Gasteiger partial charge on any atom is -0.496 e. The second-order valence-electron chi connectivity index (χ2n) is 26.8. The molecule has 0 radical (unpaired) electrons. The van der Waals surface area contributed by atoms with E-state index >= 15 is 0 Å². The Hall–Kier alpha value is -5.82. The summed E-state index contributed by atoms with van der Waals surface area (Å²) >= 11 is 16.8. The molecule has 0 aliphatic carbocycles. The number of carboxylic acids is 1. The Morgan fingerprint density at radius 2 is 0.871 bits per heavy atom. The molecule has 6 heterocycles. The maximum atomic E-state index is 13.2. The summed E-state index contributed by atoms with van der Waals surface area (Å²) < 4.78 is 21.3. The standard InChI is InChI=1S/C33H45ClN4O4S.C32H43ClN4O4S/c1-19-20(2)38(36-25(19)17-27(40)41-9)18-26(39)37-13-11-21(12-14-37)31-35-28(30(34)43-31)22-15-23(32(3,4)5)29(42-10)24(16-22)33(6,7)8;1-18-19(2)37(35-24(18)16-26(39)40)17-25(38)36-12-10-20(11-13-36)30-34-27(29(33)42-30)21-14-22(31(3,4)5)28(41-9)23(15-21)32(6,7)8/h15-16,21H,11-14,17-18H2,1-10H3;14-15,20H,10-13,16-17H2,1-9H3,(H,39,40). The van der Waals surface area contributed by atoms with Gasteiger partial charge in [-0.2, -0.15) is 10.2 Å². The van der Waals surface area contributed by atoms with E-state index in [1.807, 2.05) is 37.5 Å². The fraction of sp³-hybridized carbons (Fsp3) is 0.569. The van der Waals surface area contributed by atoms with Gasteiger partial charge in [-0.3, -0.25) is 28.5 Å². The summed E-state index contributed by atoms with van der Waals surface area (Å²) in [5.41, 5.74) is 12.2. The van der Waals surface area contributed by atoms with Crippen LogP contribution in [-0.4, -0.2) is 116 Å². The van der Waals surface area contributed by atoms with E-state index in [2.05, 4.69) is 118 Å². The number of hydrogen-bond donors (Lipinski definition) is 1. The van der Waals surface area contributed by atoms with Crippen molar-refractivity contribution in [3.05, 3.63) is 99.1 Å². The lowest BCUT2D eigenvalue weighted by molar-refractivity contribution is -0.140. The molecule has 0 atom stereocenters. The Labute approximate surface area is 521 Å². The van der Waals surface area contributed by atoms with Crippen LogP contribution in [0.3, 0.4) is 0 Å². The molecular weight excluding hydrogens is 1160 g/mol. The number of likely N-dealkylation sites (tertiary alicyclic amines) is 2. The molecule has 2 saturated heterocycles. The quantitative estimate of drug-likeness (QED) is 0.102. The van der Waals surface area contributed by atoms with Crippen molar-refractivity contribution in [3.8, 4) is 34.0 Å². The topological polar surface area (TPSA) is 184 Å². The number of aliphatic carboxylic acids is 1. The zero-order valence-corrected chi connectivity index (χ0v) is 56.5. The van der Waals surface area contributed by atoms with Gasteiger partial charge in [0, 0.05) is 82.8 Å². The SMILES string of the molecule is COC(=O)Cc1nn(CC(=O)N2CCC(c3nc(-c4cc(C(C)(C)C)c(OC)c(C(C)(C)C)c4)c(Cl)s3)CC2)c(C)c1C.COc1c(C(C)(C)C)cc(-c2nc(C3CCN(C(=O)Cn4nc(CC(=O)O)c(C)c4C)CC3)sc2Cl)cc1C(C)(C)C. The van der Waals surface area contributed by atoms with Gasteiger partial charge >= 0.3 is 11.9 Å². The van der Waals surface area contributed by atoms with Gasteiger partial charge in [0.2, 0.25) is 11.8 Å². The molecule has 8 rings (SSSR count). The number of nitrogens with zero attached hydrogens (tertiary/aromatic N) is 8. The number of amides is 2. The van der Waals surface area contributed by atoms with Crippen LogP contribution in [0.15, 0.2) is 24.3 Å². The lowest BCUT2D eigenvalue weighted by Gasteiger charge is -2.31. The molecule has 1 N–H and O–H groups in total. The zero-order chi connectivity index (χ0) is 63.0. The first-order valence-electron chi connectivity index (χ1n) is 29.2. The van der Waals surface area contributed by atoms with E-state index in [4.69, 9.17) is 52.5 Å². The zero-order valence-electron chi connectivity index (χ0n) is 53.4. The second-order valence-corrected chi connectivity index (χ2v) is 30.1.